The zero-order valence-electron chi connectivity index (χ0n) is 15.7. The molecule has 5 nitrogen and oxygen atoms in total. The molecule has 0 radical (unpaired) electrons. The van der Waals surface area contributed by atoms with Gasteiger partial charge in [0, 0.05) is 18.6 Å². The van der Waals surface area contributed by atoms with Crippen LogP contribution in [0.1, 0.15) is 58.8 Å². The smallest absolute Gasteiger partial charge is 0.321 e. The molecule has 1 aliphatic heterocycles. The van der Waals surface area contributed by atoms with Crippen molar-refractivity contribution in [3.05, 3.63) is 12.2 Å². The second-order valence-corrected chi connectivity index (χ2v) is 6.92. The van der Waals surface area contributed by atoms with Gasteiger partial charge in [-0.15, -0.1) is 0 Å². The van der Waals surface area contributed by atoms with Gasteiger partial charge in [-0.25, -0.2) is 0 Å². The highest BCUT2D eigenvalue weighted by Crippen LogP contribution is 2.17. The summed E-state index contributed by atoms with van der Waals surface area (Å²) in [6.45, 7) is 6.26. The van der Waals surface area contributed by atoms with E-state index in [1.165, 1.54) is 38.6 Å². The molecule has 0 saturated carbocycles. The molecule has 0 bridgehead atoms. The summed E-state index contributed by atoms with van der Waals surface area (Å²) < 4.78 is 5.61. The number of aliphatic carboxylic acids is 1. The van der Waals surface area contributed by atoms with Crippen LogP contribution in [0.4, 0.5) is 0 Å². The van der Waals surface area contributed by atoms with Crippen molar-refractivity contribution in [1.29, 1.82) is 0 Å². The third-order valence-corrected chi connectivity index (χ3v) is 4.88. The quantitative estimate of drug-likeness (QED) is 0.306. The van der Waals surface area contributed by atoms with E-state index in [9.17, 15) is 9.90 Å². The number of ether oxygens (including phenoxy) is 1. The van der Waals surface area contributed by atoms with Crippen LogP contribution < -0.4 is 5.32 Å². The number of nitrogens with zero attached hydrogens (tertiary/aromatic N) is 1. The van der Waals surface area contributed by atoms with Crippen molar-refractivity contribution in [3.8, 4) is 0 Å². The van der Waals surface area contributed by atoms with Crippen LogP contribution in [0.2, 0.25) is 0 Å². The van der Waals surface area contributed by atoms with Gasteiger partial charge in [-0.2, -0.15) is 0 Å². The van der Waals surface area contributed by atoms with Gasteiger partial charge in [-0.1, -0.05) is 38.8 Å². The van der Waals surface area contributed by atoms with Crippen molar-refractivity contribution in [1.82, 2.24) is 10.2 Å². The molecular formula is C19H36N2O3. The molecule has 140 valence electrons. The first-order valence-electron chi connectivity index (χ1n) is 9.47. The maximum atomic E-state index is 11.4. The van der Waals surface area contributed by atoms with Crippen LogP contribution in [-0.4, -0.2) is 55.0 Å². The lowest BCUT2D eigenvalue weighted by Gasteiger charge is -2.21. The molecule has 0 aromatic carbocycles. The Morgan fingerprint density at radius 3 is 2.88 bits per heavy atom. The average molecular weight is 341 g/mol. The topological polar surface area (TPSA) is 61.8 Å². The Labute approximate surface area is 147 Å². The van der Waals surface area contributed by atoms with Crippen molar-refractivity contribution < 1.29 is 14.6 Å². The Morgan fingerprint density at radius 1 is 1.46 bits per heavy atom. The first-order chi connectivity index (χ1) is 11.6. The molecule has 0 spiro atoms. The Bertz CT molecular complexity index is 374. The molecule has 5 heteroatoms. The SMILES string of the molecule is CCCCC/C=C\C(C)C(NCOCC[C@@H]1CCCN1C)C(=O)O. The molecule has 1 heterocycles. The fraction of sp³-hybridized carbons (Fsp3) is 0.842. The Morgan fingerprint density at radius 2 is 2.25 bits per heavy atom. The molecule has 2 N–H and O–H groups in total. The van der Waals surface area contributed by atoms with Crippen LogP contribution in [0, 0.1) is 5.92 Å². The van der Waals surface area contributed by atoms with Gasteiger partial charge in [-0.3, -0.25) is 10.1 Å². The van der Waals surface area contributed by atoms with E-state index >= 15 is 0 Å². The molecule has 1 rings (SSSR count). The molecule has 0 aliphatic carbocycles. The van der Waals surface area contributed by atoms with Crippen LogP contribution in [0.5, 0.6) is 0 Å². The van der Waals surface area contributed by atoms with E-state index in [4.69, 9.17) is 4.74 Å². The number of carboxylic acid groups (broad SMARTS) is 1. The van der Waals surface area contributed by atoms with Gasteiger partial charge in [0.15, 0.2) is 0 Å². The highest BCUT2D eigenvalue weighted by Gasteiger charge is 2.23. The lowest BCUT2D eigenvalue weighted by molar-refractivity contribution is -0.141. The van der Waals surface area contributed by atoms with Crippen molar-refractivity contribution in [2.75, 3.05) is 26.9 Å². The maximum absolute atomic E-state index is 11.4. The maximum Gasteiger partial charge on any atom is 0.321 e. The summed E-state index contributed by atoms with van der Waals surface area (Å²) in [6.07, 6.45) is 12.3. The molecule has 1 aliphatic rings. The first-order valence-corrected chi connectivity index (χ1v) is 9.47. The van der Waals surface area contributed by atoms with E-state index < -0.39 is 12.0 Å². The normalized spacial score (nSPS) is 21.4. The number of rotatable bonds is 13. The van der Waals surface area contributed by atoms with Crippen LogP contribution in [-0.2, 0) is 9.53 Å². The number of carboxylic acids is 1. The second-order valence-electron chi connectivity index (χ2n) is 6.92. The number of nitrogens with one attached hydrogen (secondary N) is 1. The molecule has 2 unspecified atom stereocenters. The van der Waals surface area contributed by atoms with Crippen molar-refractivity contribution in [2.45, 2.75) is 70.9 Å². The van der Waals surface area contributed by atoms with E-state index in [1.54, 1.807) is 0 Å². The molecule has 24 heavy (non-hydrogen) atoms. The van der Waals surface area contributed by atoms with Gasteiger partial charge >= 0.3 is 5.97 Å². The zero-order chi connectivity index (χ0) is 17.8. The minimum Gasteiger partial charge on any atom is -0.480 e. The third-order valence-electron chi connectivity index (χ3n) is 4.88. The predicted octanol–water partition coefficient (Wildman–Crippen LogP) is 3.26. The number of unbranched alkanes of at least 4 members (excludes halogenated alkanes) is 3. The number of hydrogen-bond donors (Lipinski definition) is 2. The van der Waals surface area contributed by atoms with Gasteiger partial charge < -0.3 is 14.7 Å². The second kappa shape index (κ2) is 12.5. The Hall–Kier alpha value is -0.910. The lowest BCUT2D eigenvalue weighted by Crippen LogP contribution is -2.42. The van der Waals surface area contributed by atoms with Crippen LogP contribution in [0.3, 0.4) is 0 Å². The predicted molar refractivity (Wildman–Crippen MR) is 98.1 cm³/mol. The van der Waals surface area contributed by atoms with Gasteiger partial charge in [0.25, 0.3) is 0 Å². The third kappa shape index (κ3) is 8.27. The minimum absolute atomic E-state index is 0.0475. The van der Waals surface area contributed by atoms with Crippen LogP contribution in [0.15, 0.2) is 12.2 Å². The summed E-state index contributed by atoms with van der Waals surface area (Å²) in [7, 11) is 2.16. The number of hydrogen-bond acceptors (Lipinski definition) is 4. The summed E-state index contributed by atoms with van der Waals surface area (Å²) >= 11 is 0. The fourth-order valence-electron chi connectivity index (χ4n) is 3.22. The van der Waals surface area contributed by atoms with E-state index in [2.05, 4.69) is 30.3 Å². The van der Waals surface area contributed by atoms with Crippen LogP contribution in [0.25, 0.3) is 0 Å². The van der Waals surface area contributed by atoms with Crippen molar-refractivity contribution >= 4 is 5.97 Å². The standard InChI is InChI=1S/C19H36N2O3/c1-4-5-6-7-8-10-16(2)18(19(22)23)20-15-24-14-12-17-11-9-13-21(17)3/h8,10,16-18,20H,4-7,9,11-15H2,1-3H3,(H,22,23)/b10-8-/t16?,17-,18?/m0/s1. The van der Waals surface area contributed by atoms with Gasteiger partial charge in [-0.05, 0) is 45.7 Å². The monoisotopic (exact) mass is 340 g/mol. The number of likely N-dealkylation sites (tertiary alicyclic amines) is 1. The molecule has 1 fully saturated rings. The van der Waals surface area contributed by atoms with Crippen LogP contribution >= 0.6 is 0 Å². The summed E-state index contributed by atoms with van der Waals surface area (Å²) in [6, 6.07) is 0.0202. The minimum atomic E-state index is -0.820. The van der Waals surface area contributed by atoms with E-state index in [-0.39, 0.29) is 5.92 Å². The number of allylic oxidation sites excluding steroid dienone is 1. The van der Waals surface area contributed by atoms with E-state index in [0.29, 0.717) is 19.4 Å². The molecule has 1 saturated heterocycles. The summed E-state index contributed by atoms with van der Waals surface area (Å²) in [5.74, 6) is -0.867. The van der Waals surface area contributed by atoms with E-state index in [1.807, 2.05) is 13.0 Å². The summed E-state index contributed by atoms with van der Waals surface area (Å²) in [5, 5.41) is 12.4. The summed E-state index contributed by atoms with van der Waals surface area (Å²) in [5.41, 5.74) is 0. The van der Waals surface area contributed by atoms with Crippen molar-refractivity contribution in [2.24, 2.45) is 5.92 Å². The highest BCUT2D eigenvalue weighted by molar-refractivity contribution is 5.74. The van der Waals surface area contributed by atoms with E-state index in [0.717, 1.165) is 12.8 Å². The van der Waals surface area contributed by atoms with Gasteiger partial charge in [0.2, 0.25) is 0 Å². The zero-order valence-corrected chi connectivity index (χ0v) is 15.7. The highest BCUT2D eigenvalue weighted by atomic mass is 16.5. The molecular weight excluding hydrogens is 304 g/mol. The molecule has 0 amide bonds. The fourth-order valence-corrected chi connectivity index (χ4v) is 3.22. The Kier molecular flexibility index (Phi) is 11.0. The van der Waals surface area contributed by atoms with Gasteiger partial charge in [0.05, 0.1) is 6.73 Å². The summed E-state index contributed by atoms with van der Waals surface area (Å²) in [4.78, 5) is 13.8. The first kappa shape index (κ1) is 21.1. The molecule has 0 aromatic heterocycles. The molecule has 0 aromatic rings. The average Bonchev–Trinajstić information content (AvgIpc) is 2.95. The molecule has 3 atom stereocenters. The number of carbonyl (C=O) groups is 1. The van der Waals surface area contributed by atoms with Crippen molar-refractivity contribution in [3.63, 3.8) is 0 Å². The van der Waals surface area contributed by atoms with Gasteiger partial charge in [0.1, 0.15) is 6.04 Å². The Balaban J connectivity index is 2.21. The lowest BCUT2D eigenvalue weighted by atomic mass is 10.0. The largest absolute Gasteiger partial charge is 0.480 e.